The molecule has 0 spiro atoms. The van der Waals surface area contributed by atoms with Crippen LogP contribution in [-0.4, -0.2) is 5.78 Å². The quantitative estimate of drug-likeness (QED) is 0.748. The van der Waals surface area contributed by atoms with Gasteiger partial charge in [-0.2, -0.15) is 5.26 Å². The first-order valence-electron chi connectivity index (χ1n) is 3.51. The number of ketones is 1. The SMILES string of the molecule is N#CCC(=O)c1c(F)cccc1Br. The Morgan fingerprint density at radius 3 is 2.85 bits per heavy atom. The average molecular weight is 242 g/mol. The number of carbonyl (C=O) groups is 1. The lowest BCUT2D eigenvalue weighted by Gasteiger charge is -2.01. The van der Waals surface area contributed by atoms with Gasteiger partial charge in [0.05, 0.1) is 18.1 Å². The Balaban J connectivity index is 3.14. The van der Waals surface area contributed by atoms with E-state index in [9.17, 15) is 9.18 Å². The molecule has 1 aromatic rings. The van der Waals surface area contributed by atoms with Crippen LogP contribution in [0.25, 0.3) is 0 Å². The number of carbonyl (C=O) groups excluding carboxylic acids is 1. The minimum Gasteiger partial charge on any atom is -0.293 e. The fourth-order valence-electron chi connectivity index (χ4n) is 0.924. The van der Waals surface area contributed by atoms with Gasteiger partial charge in [0.1, 0.15) is 5.82 Å². The minimum atomic E-state index is -0.602. The molecule has 2 nitrogen and oxygen atoms in total. The Labute approximate surface area is 83.1 Å². The van der Waals surface area contributed by atoms with Crippen molar-refractivity contribution < 1.29 is 9.18 Å². The number of nitriles is 1. The van der Waals surface area contributed by atoms with E-state index in [1.54, 1.807) is 12.1 Å². The summed E-state index contributed by atoms with van der Waals surface area (Å²) in [4.78, 5) is 11.2. The lowest BCUT2D eigenvalue weighted by atomic mass is 10.1. The average Bonchev–Trinajstić information content (AvgIpc) is 2.04. The molecule has 0 unspecified atom stereocenters. The summed E-state index contributed by atoms with van der Waals surface area (Å²) < 4.78 is 13.4. The topological polar surface area (TPSA) is 40.9 Å². The summed E-state index contributed by atoms with van der Waals surface area (Å²) >= 11 is 3.05. The molecule has 0 heterocycles. The van der Waals surface area contributed by atoms with Crippen molar-refractivity contribution in [2.24, 2.45) is 0 Å². The summed E-state index contributed by atoms with van der Waals surface area (Å²) in [6, 6.07) is 5.93. The van der Waals surface area contributed by atoms with Crippen LogP contribution >= 0.6 is 15.9 Å². The molecular formula is C9H5BrFNO. The summed E-state index contributed by atoms with van der Waals surface area (Å²) in [6.45, 7) is 0. The molecule has 0 fully saturated rings. The Morgan fingerprint density at radius 2 is 2.31 bits per heavy atom. The van der Waals surface area contributed by atoms with Gasteiger partial charge in [-0.05, 0) is 28.1 Å². The number of hydrogen-bond donors (Lipinski definition) is 0. The molecule has 0 bridgehead atoms. The van der Waals surface area contributed by atoms with Gasteiger partial charge in [0.25, 0.3) is 0 Å². The zero-order valence-electron chi connectivity index (χ0n) is 6.55. The Morgan fingerprint density at radius 1 is 1.62 bits per heavy atom. The van der Waals surface area contributed by atoms with Crippen molar-refractivity contribution in [2.75, 3.05) is 0 Å². The molecule has 0 radical (unpaired) electrons. The molecule has 0 aliphatic carbocycles. The van der Waals surface area contributed by atoms with Gasteiger partial charge < -0.3 is 0 Å². The standard InChI is InChI=1S/C9H5BrFNO/c10-6-2-1-3-7(11)9(6)8(13)4-5-12/h1-3H,4H2. The lowest BCUT2D eigenvalue weighted by molar-refractivity contribution is 0.0993. The molecule has 0 saturated carbocycles. The van der Waals surface area contributed by atoms with Crippen molar-refractivity contribution >= 4 is 21.7 Å². The van der Waals surface area contributed by atoms with E-state index in [0.717, 1.165) is 0 Å². The van der Waals surface area contributed by atoms with E-state index in [0.29, 0.717) is 4.47 Å². The summed E-state index contributed by atoms with van der Waals surface area (Å²) in [7, 11) is 0. The molecule has 0 atom stereocenters. The third-order valence-corrected chi connectivity index (χ3v) is 2.14. The second-order valence-corrected chi connectivity index (χ2v) is 3.21. The van der Waals surface area contributed by atoms with Gasteiger partial charge >= 0.3 is 0 Å². The summed E-state index contributed by atoms with van der Waals surface area (Å²) in [6.07, 6.45) is -0.306. The first-order valence-corrected chi connectivity index (χ1v) is 4.30. The third kappa shape index (κ3) is 2.13. The van der Waals surface area contributed by atoms with Crippen LogP contribution in [0.4, 0.5) is 4.39 Å². The highest BCUT2D eigenvalue weighted by molar-refractivity contribution is 9.10. The molecule has 1 aromatic carbocycles. The number of rotatable bonds is 2. The van der Waals surface area contributed by atoms with Crippen molar-refractivity contribution in [3.63, 3.8) is 0 Å². The first kappa shape index (κ1) is 9.87. The van der Waals surface area contributed by atoms with E-state index < -0.39 is 11.6 Å². The first-order chi connectivity index (χ1) is 6.16. The number of nitrogens with zero attached hydrogens (tertiary/aromatic N) is 1. The van der Waals surface area contributed by atoms with Gasteiger partial charge in [-0.25, -0.2) is 4.39 Å². The van der Waals surface area contributed by atoms with Crippen molar-refractivity contribution in [3.05, 3.63) is 34.1 Å². The fourth-order valence-corrected chi connectivity index (χ4v) is 1.49. The van der Waals surface area contributed by atoms with Gasteiger partial charge in [0.2, 0.25) is 0 Å². The molecule has 1 rings (SSSR count). The predicted octanol–water partition coefficient (Wildman–Crippen LogP) is 2.68. The zero-order chi connectivity index (χ0) is 9.84. The molecule has 0 aliphatic rings. The van der Waals surface area contributed by atoms with Crippen LogP contribution in [0.2, 0.25) is 0 Å². The van der Waals surface area contributed by atoms with Crippen molar-refractivity contribution in [1.29, 1.82) is 5.26 Å². The normalized spacial score (nSPS) is 9.31. The van der Waals surface area contributed by atoms with Crippen LogP contribution in [0.3, 0.4) is 0 Å². The van der Waals surface area contributed by atoms with Crippen LogP contribution < -0.4 is 0 Å². The Kier molecular flexibility index (Phi) is 3.15. The molecule has 0 aromatic heterocycles. The minimum absolute atomic E-state index is 0.0518. The molecule has 66 valence electrons. The molecule has 13 heavy (non-hydrogen) atoms. The van der Waals surface area contributed by atoms with Gasteiger partial charge in [-0.1, -0.05) is 6.07 Å². The third-order valence-electron chi connectivity index (χ3n) is 1.48. The van der Waals surface area contributed by atoms with Gasteiger partial charge in [0, 0.05) is 4.47 Å². The largest absolute Gasteiger partial charge is 0.293 e. The predicted molar refractivity (Wildman–Crippen MR) is 48.7 cm³/mol. The van der Waals surface area contributed by atoms with E-state index in [1.807, 2.05) is 0 Å². The van der Waals surface area contributed by atoms with E-state index in [1.165, 1.54) is 12.1 Å². The van der Waals surface area contributed by atoms with Gasteiger partial charge in [0.15, 0.2) is 5.78 Å². The Bertz CT molecular complexity index is 363. The van der Waals surface area contributed by atoms with Crippen molar-refractivity contribution in [2.45, 2.75) is 6.42 Å². The monoisotopic (exact) mass is 241 g/mol. The molecule has 0 saturated heterocycles. The van der Waals surface area contributed by atoms with Crippen LogP contribution in [0, 0.1) is 17.1 Å². The van der Waals surface area contributed by atoms with Crippen LogP contribution in [-0.2, 0) is 0 Å². The fraction of sp³-hybridized carbons (Fsp3) is 0.111. The van der Waals surface area contributed by atoms with Gasteiger partial charge in [-0.3, -0.25) is 4.79 Å². The maximum absolute atomic E-state index is 13.1. The molecule has 0 aliphatic heterocycles. The molecule has 4 heteroatoms. The van der Waals surface area contributed by atoms with E-state index in [2.05, 4.69) is 15.9 Å². The van der Waals surface area contributed by atoms with Crippen LogP contribution in [0.5, 0.6) is 0 Å². The summed E-state index contributed by atoms with van der Waals surface area (Å²) in [5.41, 5.74) is -0.0518. The number of Topliss-reactive ketones (excluding diaryl/α,β-unsaturated/α-hetero) is 1. The summed E-state index contributed by atoms with van der Waals surface area (Å²) in [5.74, 6) is -1.11. The van der Waals surface area contributed by atoms with E-state index in [-0.39, 0.29) is 12.0 Å². The van der Waals surface area contributed by atoms with Crippen molar-refractivity contribution in [1.82, 2.24) is 0 Å². The molecule has 0 amide bonds. The summed E-state index contributed by atoms with van der Waals surface area (Å²) in [5, 5.41) is 8.27. The number of benzene rings is 1. The van der Waals surface area contributed by atoms with Gasteiger partial charge in [-0.15, -0.1) is 0 Å². The highest BCUT2D eigenvalue weighted by Crippen LogP contribution is 2.20. The van der Waals surface area contributed by atoms with E-state index >= 15 is 0 Å². The smallest absolute Gasteiger partial charge is 0.180 e. The van der Waals surface area contributed by atoms with Crippen molar-refractivity contribution in [3.8, 4) is 6.07 Å². The van der Waals surface area contributed by atoms with E-state index in [4.69, 9.17) is 5.26 Å². The zero-order valence-corrected chi connectivity index (χ0v) is 8.14. The van der Waals surface area contributed by atoms with Crippen LogP contribution in [0.1, 0.15) is 16.8 Å². The second kappa shape index (κ2) is 4.15. The Hall–Kier alpha value is -1.21. The molecule has 0 N–H and O–H groups in total. The lowest BCUT2D eigenvalue weighted by Crippen LogP contribution is -2.02. The highest BCUT2D eigenvalue weighted by atomic mass is 79.9. The van der Waals surface area contributed by atoms with Crippen LogP contribution in [0.15, 0.2) is 22.7 Å². The number of halogens is 2. The highest BCUT2D eigenvalue weighted by Gasteiger charge is 2.14. The number of hydrogen-bond acceptors (Lipinski definition) is 2. The maximum Gasteiger partial charge on any atom is 0.180 e. The molecular weight excluding hydrogens is 237 g/mol. The maximum atomic E-state index is 13.1. The second-order valence-electron chi connectivity index (χ2n) is 2.35.